The molecule has 3 nitrogen and oxygen atoms in total. The first-order chi connectivity index (χ1) is 6.81. The van der Waals surface area contributed by atoms with Gasteiger partial charge in [0.15, 0.2) is 0 Å². The first kappa shape index (κ1) is 14.2. The molecule has 0 rings (SSSR count). The molecule has 86 valence electrons. The maximum Gasteiger partial charge on any atom is 0.0589 e. The summed E-state index contributed by atoms with van der Waals surface area (Å²) in [5.41, 5.74) is 0. The molecule has 0 saturated carbocycles. The second kappa shape index (κ2) is 11.3. The van der Waals surface area contributed by atoms with Crippen molar-refractivity contribution in [1.82, 2.24) is 10.2 Å². The molecule has 0 heterocycles. The second-order valence-electron chi connectivity index (χ2n) is 3.24. The average molecular weight is 220 g/mol. The molecule has 0 spiro atoms. The Hall–Kier alpha value is 0.230. The minimum absolute atomic E-state index is 0.822. The van der Waals surface area contributed by atoms with Crippen molar-refractivity contribution in [2.45, 2.75) is 6.92 Å². The zero-order chi connectivity index (χ0) is 10.6. The summed E-state index contributed by atoms with van der Waals surface area (Å²) >= 11 is 1.98. The van der Waals surface area contributed by atoms with Crippen LogP contribution in [-0.4, -0.2) is 63.3 Å². The highest BCUT2D eigenvalue weighted by Gasteiger charge is 1.96. The van der Waals surface area contributed by atoms with Crippen molar-refractivity contribution in [2.24, 2.45) is 0 Å². The van der Waals surface area contributed by atoms with Gasteiger partial charge in [-0.3, -0.25) is 0 Å². The van der Waals surface area contributed by atoms with Crippen LogP contribution in [0.5, 0.6) is 0 Å². The van der Waals surface area contributed by atoms with Crippen molar-refractivity contribution >= 4 is 11.8 Å². The lowest BCUT2D eigenvalue weighted by molar-refractivity contribution is 0.161. The van der Waals surface area contributed by atoms with Crippen molar-refractivity contribution in [3.05, 3.63) is 0 Å². The van der Waals surface area contributed by atoms with Gasteiger partial charge in [0.1, 0.15) is 0 Å². The fourth-order valence-corrected chi connectivity index (χ4v) is 1.62. The summed E-state index contributed by atoms with van der Waals surface area (Å²) in [6, 6.07) is 0. The van der Waals surface area contributed by atoms with Crippen molar-refractivity contribution in [2.75, 3.05) is 58.4 Å². The summed E-state index contributed by atoms with van der Waals surface area (Å²) in [4.78, 5) is 2.28. The number of ether oxygens (including phenoxy) is 1. The van der Waals surface area contributed by atoms with Crippen LogP contribution in [0.15, 0.2) is 0 Å². The summed E-state index contributed by atoms with van der Waals surface area (Å²) in [5, 5.41) is 3.42. The van der Waals surface area contributed by atoms with Gasteiger partial charge in [-0.15, -0.1) is 0 Å². The van der Waals surface area contributed by atoms with Crippen molar-refractivity contribution < 1.29 is 4.74 Å². The Bertz CT molecular complexity index is 114. The molecule has 4 heteroatoms. The third-order valence-corrected chi connectivity index (χ3v) is 2.88. The van der Waals surface area contributed by atoms with E-state index in [0.717, 1.165) is 32.8 Å². The number of thioether (sulfide) groups is 1. The third kappa shape index (κ3) is 10.3. The highest BCUT2D eigenvalue weighted by atomic mass is 32.2. The van der Waals surface area contributed by atoms with Gasteiger partial charge in [-0.1, -0.05) is 6.92 Å². The van der Waals surface area contributed by atoms with Gasteiger partial charge < -0.3 is 15.0 Å². The van der Waals surface area contributed by atoms with Crippen LogP contribution >= 0.6 is 11.8 Å². The highest BCUT2D eigenvalue weighted by molar-refractivity contribution is 7.99. The highest BCUT2D eigenvalue weighted by Crippen LogP contribution is 1.94. The van der Waals surface area contributed by atoms with Crippen LogP contribution in [0.1, 0.15) is 6.92 Å². The molecule has 0 aromatic rings. The summed E-state index contributed by atoms with van der Waals surface area (Å²) in [5.74, 6) is 2.44. The van der Waals surface area contributed by atoms with E-state index in [1.165, 1.54) is 11.5 Å². The zero-order valence-electron chi connectivity index (χ0n) is 9.71. The summed E-state index contributed by atoms with van der Waals surface area (Å²) < 4.78 is 5.01. The fourth-order valence-electron chi connectivity index (χ4n) is 1.04. The summed E-state index contributed by atoms with van der Waals surface area (Å²) in [6.07, 6.45) is 0. The molecule has 0 aromatic carbocycles. The van der Waals surface area contributed by atoms with Crippen molar-refractivity contribution in [3.63, 3.8) is 0 Å². The van der Waals surface area contributed by atoms with E-state index >= 15 is 0 Å². The molecule has 0 unspecified atom stereocenters. The van der Waals surface area contributed by atoms with E-state index in [-0.39, 0.29) is 0 Å². The Morgan fingerprint density at radius 1 is 1.29 bits per heavy atom. The average Bonchev–Trinajstić information content (AvgIpc) is 2.20. The van der Waals surface area contributed by atoms with Crippen LogP contribution in [0.3, 0.4) is 0 Å². The Morgan fingerprint density at radius 2 is 2.07 bits per heavy atom. The molecular weight excluding hydrogens is 196 g/mol. The molecule has 0 radical (unpaired) electrons. The van der Waals surface area contributed by atoms with Crippen LogP contribution in [0.25, 0.3) is 0 Å². The van der Waals surface area contributed by atoms with E-state index in [1.807, 2.05) is 11.8 Å². The molecule has 0 aliphatic rings. The zero-order valence-corrected chi connectivity index (χ0v) is 10.5. The van der Waals surface area contributed by atoms with E-state index in [2.05, 4.69) is 24.2 Å². The number of hydrogen-bond acceptors (Lipinski definition) is 4. The predicted octanol–water partition coefficient (Wildman–Crippen LogP) is 0.907. The molecule has 0 bridgehead atoms. The SMILES string of the molecule is CCSCCNCCN(C)CCOC. The Kier molecular flexibility index (Phi) is 11.5. The number of hydrogen-bond donors (Lipinski definition) is 1. The minimum Gasteiger partial charge on any atom is -0.383 e. The molecule has 0 aliphatic heterocycles. The molecule has 0 atom stereocenters. The quantitative estimate of drug-likeness (QED) is 0.553. The summed E-state index contributed by atoms with van der Waals surface area (Å²) in [6.45, 7) is 7.33. The van der Waals surface area contributed by atoms with Crippen molar-refractivity contribution in [3.8, 4) is 0 Å². The Morgan fingerprint density at radius 3 is 2.71 bits per heavy atom. The summed E-state index contributed by atoms with van der Waals surface area (Å²) in [7, 11) is 3.87. The van der Waals surface area contributed by atoms with E-state index in [9.17, 15) is 0 Å². The van der Waals surface area contributed by atoms with Crippen molar-refractivity contribution in [1.29, 1.82) is 0 Å². The van der Waals surface area contributed by atoms with Gasteiger partial charge in [-0.25, -0.2) is 0 Å². The first-order valence-electron chi connectivity index (χ1n) is 5.27. The van der Waals surface area contributed by atoms with Gasteiger partial charge in [0.2, 0.25) is 0 Å². The van der Waals surface area contributed by atoms with Gasteiger partial charge in [0.05, 0.1) is 6.61 Å². The second-order valence-corrected chi connectivity index (χ2v) is 4.64. The van der Waals surface area contributed by atoms with Crippen LogP contribution < -0.4 is 5.32 Å². The predicted molar refractivity (Wildman–Crippen MR) is 65.2 cm³/mol. The maximum atomic E-state index is 5.01. The maximum absolute atomic E-state index is 5.01. The largest absolute Gasteiger partial charge is 0.383 e. The molecule has 0 amide bonds. The van der Waals surface area contributed by atoms with Gasteiger partial charge in [0.25, 0.3) is 0 Å². The lowest BCUT2D eigenvalue weighted by Crippen LogP contribution is -2.32. The van der Waals surface area contributed by atoms with Gasteiger partial charge in [0, 0.05) is 39.0 Å². The van der Waals surface area contributed by atoms with Gasteiger partial charge >= 0.3 is 0 Å². The Labute approximate surface area is 92.6 Å². The molecule has 1 N–H and O–H groups in total. The molecule has 0 saturated heterocycles. The molecule has 14 heavy (non-hydrogen) atoms. The number of nitrogens with zero attached hydrogens (tertiary/aromatic N) is 1. The topological polar surface area (TPSA) is 24.5 Å². The normalized spacial score (nSPS) is 11.1. The van der Waals surface area contributed by atoms with Crippen LogP contribution in [0, 0.1) is 0 Å². The monoisotopic (exact) mass is 220 g/mol. The van der Waals surface area contributed by atoms with Gasteiger partial charge in [-0.2, -0.15) is 11.8 Å². The number of likely N-dealkylation sites (N-methyl/N-ethyl adjacent to an activating group) is 1. The third-order valence-electron chi connectivity index (χ3n) is 1.97. The van der Waals surface area contributed by atoms with Crippen LogP contribution in [0.4, 0.5) is 0 Å². The molecule has 0 aromatic heterocycles. The standard InChI is InChI=1S/C10H24N2OS/c1-4-14-10-6-11-5-7-12(2)8-9-13-3/h11H,4-10H2,1-3H3. The van der Waals surface area contributed by atoms with Crippen LogP contribution in [0.2, 0.25) is 0 Å². The van der Waals surface area contributed by atoms with Crippen LogP contribution in [-0.2, 0) is 4.74 Å². The molecular formula is C10H24N2OS. The van der Waals surface area contributed by atoms with Gasteiger partial charge in [-0.05, 0) is 12.8 Å². The van der Waals surface area contributed by atoms with E-state index in [0.29, 0.717) is 0 Å². The lowest BCUT2D eigenvalue weighted by Gasteiger charge is -2.15. The Balaban J connectivity index is 3.02. The lowest BCUT2D eigenvalue weighted by atomic mass is 10.5. The molecule has 0 fully saturated rings. The smallest absolute Gasteiger partial charge is 0.0589 e. The first-order valence-corrected chi connectivity index (χ1v) is 6.42. The molecule has 0 aliphatic carbocycles. The number of rotatable bonds is 10. The van der Waals surface area contributed by atoms with E-state index in [4.69, 9.17) is 4.74 Å². The number of nitrogens with one attached hydrogen (secondary N) is 1. The fraction of sp³-hybridized carbons (Fsp3) is 1.00. The number of methoxy groups -OCH3 is 1. The van der Waals surface area contributed by atoms with E-state index in [1.54, 1.807) is 7.11 Å². The minimum atomic E-state index is 0.822. The van der Waals surface area contributed by atoms with E-state index < -0.39 is 0 Å².